The second kappa shape index (κ2) is 7.58. The van der Waals surface area contributed by atoms with E-state index in [-0.39, 0.29) is 11.2 Å². The van der Waals surface area contributed by atoms with E-state index in [2.05, 4.69) is 53.9 Å². The molecule has 0 amide bonds. The first-order valence-corrected chi connectivity index (χ1v) is 9.74. The van der Waals surface area contributed by atoms with Gasteiger partial charge in [-0.3, -0.25) is 0 Å². The average Bonchev–Trinajstić information content (AvgIpc) is 2.49. The summed E-state index contributed by atoms with van der Waals surface area (Å²) in [6, 6.07) is 12.7. The summed E-state index contributed by atoms with van der Waals surface area (Å²) in [6.45, 7) is 0. The number of hydrogen-bond acceptors (Lipinski definition) is 0. The Bertz CT molecular complexity index is 627. The van der Waals surface area contributed by atoms with E-state index in [1.54, 1.807) is 12.1 Å². The zero-order chi connectivity index (χ0) is 15.5. The van der Waals surface area contributed by atoms with Crippen molar-refractivity contribution >= 4 is 59.4 Å². The molecule has 0 heterocycles. The predicted molar refractivity (Wildman–Crippen MR) is 98.5 cm³/mol. The highest BCUT2D eigenvalue weighted by Gasteiger charge is 2.33. The highest BCUT2D eigenvalue weighted by Crippen LogP contribution is 2.37. The fraction of sp³-hybridized carbons (Fsp3) is 0.250. The summed E-state index contributed by atoms with van der Waals surface area (Å²) in [7, 11) is 0. The average molecular weight is 499 g/mol. The van der Waals surface area contributed by atoms with Crippen LogP contribution in [0, 0.1) is 5.82 Å². The van der Waals surface area contributed by atoms with Gasteiger partial charge in [0.25, 0.3) is 0 Å². The van der Waals surface area contributed by atoms with Gasteiger partial charge in [0, 0.05) is 25.6 Å². The molecule has 0 aliphatic heterocycles. The van der Waals surface area contributed by atoms with Gasteiger partial charge in [-0.2, -0.15) is 0 Å². The second-order valence-corrected chi connectivity index (χ2v) is 7.35. The van der Waals surface area contributed by atoms with E-state index in [1.807, 2.05) is 18.2 Å². The molecule has 0 N–H and O–H groups in total. The third-order valence-electron chi connectivity index (χ3n) is 3.49. The van der Waals surface area contributed by atoms with Crippen LogP contribution in [0.1, 0.15) is 11.1 Å². The SMILES string of the molecule is Fc1ccc(Cl)cc1CC(CBr)(CBr)c1ccccc1Br. The summed E-state index contributed by atoms with van der Waals surface area (Å²) in [4.78, 5) is 0. The standard InChI is InChI=1S/C16H13Br3ClF/c17-9-16(10-18,13-3-1-2-4-14(13)19)8-11-7-12(20)5-6-15(11)21/h1-7H,8-10H2. The highest BCUT2D eigenvalue weighted by atomic mass is 79.9. The minimum absolute atomic E-state index is 0.224. The maximum absolute atomic E-state index is 14.1. The van der Waals surface area contributed by atoms with Gasteiger partial charge in [-0.25, -0.2) is 4.39 Å². The Balaban J connectivity index is 2.48. The summed E-state index contributed by atoms with van der Waals surface area (Å²) < 4.78 is 15.1. The molecule has 0 radical (unpaired) electrons. The molecule has 112 valence electrons. The van der Waals surface area contributed by atoms with E-state index >= 15 is 0 Å². The van der Waals surface area contributed by atoms with Crippen molar-refractivity contribution in [1.29, 1.82) is 0 Å². The monoisotopic (exact) mass is 496 g/mol. The van der Waals surface area contributed by atoms with Gasteiger partial charge in [-0.05, 0) is 41.8 Å². The summed E-state index contributed by atoms with van der Waals surface area (Å²) in [5, 5.41) is 1.97. The topological polar surface area (TPSA) is 0 Å². The summed E-state index contributed by atoms with van der Waals surface area (Å²) in [6.07, 6.45) is 0.554. The zero-order valence-corrected chi connectivity index (χ0v) is 16.6. The molecule has 2 aromatic rings. The number of hydrogen-bond donors (Lipinski definition) is 0. The van der Waals surface area contributed by atoms with Gasteiger partial charge in [-0.1, -0.05) is 77.6 Å². The molecule has 0 aliphatic carbocycles. The molecule has 0 saturated heterocycles. The Morgan fingerprint density at radius 2 is 1.71 bits per heavy atom. The largest absolute Gasteiger partial charge is 0.207 e. The quantitative estimate of drug-likeness (QED) is 0.412. The molecule has 21 heavy (non-hydrogen) atoms. The van der Waals surface area contributed by atoms with E-state index in [0.717, 1.165) is 10.0 Å². The molecule has 0 unspecified atom stereocenters. The van der Waals surface area contributed by atoms with Crippen LogP contribution in [0.3, 0.4) is 0 Å². The van der Waals surface area contributed by atoms with E-state index < -0.39 is 0 Å². The van der Waals surface area contributed by atoms with Crippen molar-refractivity contribution in [2.24, 2.45) is 0 Å². The summed E-state index contributed by atoms with van der Waals surface area (Å²) in [5.74, 6) is -0.224. The number of rotatable bonds is 5. The number of alkyl halides is 2. The lowest BCUT2D eigenvalue weighted by Gasteiger charge is -2.32. The molecule has 0 spiro atoms. The third-order valence-corrected chi connectivity index (χ3v) is 6.57. The molecule has 2 rings (SSSR count). The Morgan fingerprint density at radius 1 is 1.05 bits per heavy atom. The van der Waals surface area contributed by atoms with Crippen LogP contribution in [0.15, 0.2) is 46.9 Å². The van der Waals surface area contributed by atoms with Gasteiger partial charge < -0.3 is 0 Å². The molecule has 0 aliphatic rings. The van der Waals surface area contributed by atoms with Crippen LogP contribution in [0.25, 0.3) is 0 Å². The minimum Gasteiger partial charge on any atom is -0.207 e. The van der Waals surface area contributed by atoms with Gasteiger partial charge in [0.1, 0.15) is 5.82 Å². The van der Waals surface area contributed by atoms with Gasteiger partial charge >= 0.3 is 0 Å². The van der Waals surface area contributed by atoms with E-state index in [1.165, 1.54) is 6.07 Å². The Hall–Kier alpha value is 0.1000. The molecule has 0 nitrogen and oxygen atoms in total. The summed E-state index contributed by atoms with van der Waals surface area (Å²) in [5.41, 5.74) is 1.50. The second-order valence-electron chi connectivity index (χ2n) is 4.94. The molecule has 0 saturated carbocycles. The van der Waals surface area contributed by atoms with Crippen molar-refractivity contribution in [2.45, 2.75) is 11.8 Å². The smallest absolute Gasteiger partial charge is 0.126 e. The lowest BCUT2D eigenvalue weighted by molar-refractivity contribution is 0.521. The van der Waals surface area contributed by atoms with E-state index in [9.17, 15) is 4.39 Å². The maximum atomic E-state index is 14.1. The predicted octanol–water partition coefficient (Wildman–Crippen LogP) is 6.51. The molecule has 0 bridgehead atoms. The molecular weight excluding hydrogens is 486 g/mol. The first kappa shape index (κ1) is 17.5. The lowest BCUT2D eigenvalue weighted by Crippen LogP contribution is -2.33. The molecule has 0 atom stereocenters. The fourth-order valence-corrected chi connectivity index (χ4v) is 5.13. The van der Waals surface area contributed by atoms with Crippen LogP contribution in [0.4, 0.5) is 4.39 Å². The first-order chi connectivity index (χ1) is 10.0. The minimum atomic E-state index is -0.258. The van der Waals surface area contributed by atoms with Gasteiger partial charge in [0.05, 0.1) is 0 Å². The van der Waals surface area contributed by atoms with Crippen molar-refractivity contribution in [1.82, 2.24) is 0 Å². The van der Waals surface area contributed by atoms with Gasteiger partial charge in [0.15, 0.2) is 0 Å². The van der Waals surface area contributed by atoms with Crippen LogP contribution in [-0.2, 0) is 11.8 Å². The molecule has 2 aromatic carbocycles. The normalized spacial score (nSPS) is 11.7. The Kier molecular flexibility index (Phi) is 6.30. The maximum Gasteiger partial charge on any atom is 0.126 e. The van der Waals surface area contributed by atoms with Crippen molar-refractivity contribution in [2.75, 3.05) is 10.7 Å². The Labute approximate surface area is 154 Å². The zero-order valence-electron chi connectivity index (χ0n) is 11.1. The number of halogens is 5. The van der Waals surface area contributed by atoms with Crippen molar-refractivity contribution in [3.63, 3.8) is 0 Å². The molecule has 0 fully saturated rings. The van der Waals surface area contributed by atoms with E-state index in [4.69, 9.17) is 11.6 Å². The molecule has 0 aromatic heterocycles. The van der Waals surface area contributed by atoms with Crippen molar-refractivity contribution < 1.29 is 4.39 Å². The number of benzene rings is 2. The van der Waals surface area contributed by atoms with Gasteiger partial charge in [-0.15, -0.1) is 0 Å². The fourth-order valence-electron chi connectivity index (χ4n) is 2.30. The lowest BCUT2D eigenvalue weighted by atomic mass is 9.79. The van der Waals surface area contributed by atoms with Crippen LogP contribution < -0.4 is 0 Å². The molecular formula is C16H13Br3ClF. The van der Waals surface area contributed by atoms with Crippen LogP contribution in [0.5, 0.6) is 0 Å². The van der Waals surface area contributed by atoms with Crippen LogP contribution in [0.2, 0.25) is 5.02 Å². The third kappa shape index (κ3) is 3.90. The van der Waals surface area contributed by atoms with Gasteiger partial charge in [0.2, 0.25) is 0 Å². The van der Waals surface area contributed by atoms with Crippen LogP contribution in [-0.4, -0.2) is 10.7 Å². The summed E-state index contributed by atoms with van der Waals surface area (Å²) >= 11 is 16.8. The Morgan fingerprint density at radius 3 is 2.33 bits per heavy atom. The molecule has 5 heteroatoms. The first-order valence-electron chi connectivity index (χ1n) is 6.33. The van der Waals surface area contributed by atoms with Crippen molar-refractivity contribution in [3.8, 4) is 0 Å². The van der Waals surface area contributed by atoms with Crippen molar-refractivity contribution in [3.05, 3.63) is 68.9 Å². The van der Waals surface area contributed by atoms with Crippen LogP contribution >= 0.6 is 59.4 Å². The van der Waals surface area contributed by atoms with E-state index in [0.29, 0.717) is 27.7 Å². The highest BCUT2D eigenvalue weighted by molar-refractivity contribution is 9.10.